The van der Waals surface area contributed by atoms with Crippen LogP contribution in [0.5, 0.6) is 0 Å². The van der Waals surface area contributed by atoms with Gasteiger partial charge >= 0.3 is 0 Å². The third-order valence-electron chi connectivity index (χ3n) is 5.57. The Bertz CT molecular complexity index is 995. The number of carbonyl (C=O) groups excluding carboxylic acids is 1. The number of anilines is 1. The molecule has 2 aliphatic rings. The summed E-state index contributed by atoms with van der Waals surface area (Å²) in [5.41, 5.74) is 6.93. The molecule has 3 nitrogen and oxygen atoms in total. The van der Waals surface area contributed by atoms with Gasteiger partial charge in [0.05, 0.1) is 0 Å². The van der Waals surface area contributed by atoms with E-state index in [2.05, 4.69) is 61.6 Å². The number of allylic oxidation sites excluding steroid dienone is 4. The molecule has 27 heavy (non-hydrogen) atoms. The first-order chi connectivity index (χ1) is 13.0. The Hall–Kier alpha value is -3.07. The second-order valence-electron chi connectivity index (χ2n) is 7.49. The molecule has 0 unspecified atom stereocenters. The number of likely N-dealkylation sites (N-methyl/N-ethyl adjacent to an activating group) is 1. The molecule has 0 atom stereocenters. The fraction of sp³-hybridized carbons (Fsp3) is 0.208. The topological polar surface area (TPSA) is 32.3 Å². The van der Waals surface area contributed by atoms with Crippen LogP contribution in [0.1, 0.15) is 36.1 Å². The Kier molecular flexibility index (Phi) is 4.23. The molecular formula is C24H24N2O. The minimum Gasteiger partial charge on any atom is -0.354 e. The predicted octanol–water partition coefficient (Wildman–Crippen LogP) is 4.44. The molecule has 1 aliphatic heterocycles. The van der Waals surface area contributed by atoms with Crippen LogP contribution in [0.3, 0.4) is 0 Å². The molecule has 0 spiro atoms. The van der Waals surface area contributed by atoms with E-state index in [0.29, 0.717) is 5.70 Å². The van der Waals surface area contributed by atoms with E-state index in [9.17, 15) is 4.79 Å². The van der Waals surface area contributed by atoms with Crippen molar-refractivity contribution in [2.45, 2.75) is 25.7 Å². The number of nitrogens with one attached hydrogen (secondary N) is 1. The van der Waals surface area contributed by atoms with Crippen molar-refractivity contribution >= 4 is 11.6 Å². The van der Waals surface area contributed by atoms with E-state index < -0.39 is 0 Å². The molecule has 0 fully saturated rings. The largest absolute Gasteiger partial charge is 0.354 e. The van der Waals surface area contributed by atoms with Crippen molar-refractivity contribution < 1.29 is 4.79 Å². The van der Waals surface area contributed by atoms with Gasteiger partial charge in [0.15, 0.2) is 0 Å². The summed E-state index contributed by atoms with van der Waals surface area (Å²) in [5, 5.41) is 2.76. The molecule has 0 saturated carbocycles. The van der Waals surface area contributed by atoms with Crippen LogP contribution in [0.2, 0.25) is 0 Å². The van der Waals surface area contributed by atoms with Gasteiger partial charge in [0, 0.05) is 30.8 Å². The number of hydrogen-bond donors (Lipinski definition) is 1. The third-order valence-corrected chi connectivity index (χ3v) is 5.57. The zero-order valence-electron chi connectivity index (χ0n) is 16.0. The zero-order valence-corrected chi connectivity index (χ0v) is 16.0. The van der Waals surface area contributed by atoms with E-state index in [1.165, 1.54) is 22.3 Å². The first kappa shape index (κ1) is 17.3. The summed E-state index contributed by atoms with van der Waals surface area (Å²) in [5.74, 6) is -0.0979. The molecule has 136 valence electrons. The number of nitrogens with zero attached hydrogens (tertiary/aromatic N) is 1. The maximum Gasteiger partial charge on any atom is 0.268 e. The fourth-order valence-electron chi connectivity index (χ4n) is 4.22. The van der Waals surface area contributed by atoms with Crippen LogP contribution in [0.25, 0.3) is 0 Å². The van der Waals surface area contributed by atoms with E-state index in [0.717, 1.165) is 12.1 Å². The average molecular weight is 356 g/mol. The van der Waals surface area contributed by atoms with Gasteiger partial charge in [-0.05, 0) is 40.5 Å². The highest BCUT2D eigenvalue weighted by atomic mass is 16.2. The molecule has 0 aromatic heterocycles. The molecule has 1 amide bonds. The van der Waals surface area contributed by atoms with E-state index in [1.807, 2.05) is 35.4 Å². The van der Waals surface area contributed by atoms with Gasteiger partial charge in [-0.1, -0.05) is 62.4 Å². The number of carbonyl (C=O) groups is 1. The summed E-state index contributed by atoms with van der Waals surface area (Å²) < 4.78 is 0. The SMILES string of the molecule is CNC(=O)C1=CC=CC=CN1c1cccc2c1Cc1ccccc1C2(C)C. The second kappa shape index (κ2) is 6.58. The summed E-state index contributed by atoms with van der Waals surface area (Å²) in [6.45, 7) is 4.56. The Morgan fingerprint density at radius 2 is 1.78 bits per heavy atom. The minimum absolute atomic E-state index is 0.0785. The maximum absolute atomic E-state index is 12.5. The molecule has 3 heteroatoms. The average Bonchev–Trinajstić information content (AvgIpc) is 2.93. The van der Waals surface area contributed by atoms with E-state index >= 15 is 0 Å². The molecule has 0 saturated heterocycles. The van der Waals surface area contributed by atoms with Gasteiger partial charge < -0.3 is 10.2 Å². The third kappa shape index (κ3) is 2.80. The van der Waals surface area contributed by atoms with Gasteiger partial charge in [0.25, 0.3) is 5.91 Å². The summed E-state index contributed by atoms with van der Waals surface area (Å²) in [6.07, 6.45) is 10.5. The molecule has 4 rings (SSSR count). The van der Waals surface area contributed by atoms with Gasteiger partial charge in [0.1, 0.15) is 5.70 Å². The van der Waals surface area contributed by atoms with Crippen molar-refractivity contribution in [1.29, 1.82) is 0 Å². The number of rotatable bonds is 2. The highest BCUT2D eigenvalue weighted by Crippen LogP contribution is 2.44. The lowest BCUT2D eigenvalue weighted by Gasteiger charge is -2.37. The molecule has 2 aromatic rings. The fourth-order valence-corrected chi connectivity index (χ4v) is 4.22. The molecule has 1 heterocycles. The van der Waals surface area contributed by atoms with Crippen molar-refractivity contribution in [2.75, 3.05) is 11.9 Å². The highest BCUT2D eigenvalue weighted by Gasteiger charge is 2.34. The van der Waals surface area contributed by atoms with Gasteiger partial charge in [-0.15, -0.1) is 0 Å². The number of hydrogen-bond acceptors (Lipinski definition) is 2. The standard InChI is InChI=1S/C24H24N2O/c1-24(2)19-11-7-6-10-17(19)16-18-20(24)12-9-14-21(18)26-15-8-4-5-13-22(26)23(27)25-3/h4-15H,16H2,1-3H3,(H,25,27). The lowest BCUT2D eigenvalue weighted by Crippen LogP contribution is -2.32. The Balaban J connectivity index is 1.90. The second-order valence-corrected chi connectivity index (χ2v) is 7.49. The summed E-state index contributed by atoms with van der Waals surface area (Å²) in [4.78, 5) is 14.5. The highest BCUT2D eigenvalue weighted by molar-refractivity contribution is 5.98. The zero-order chi connectivity index (χ0) is 19.0. The number of amides is 1. The van der Waals surface area contributed by atoms with Crippen LogP contribution < -0.4 is 10.2 Å². The van der Waals surface area contributed by atoms with Crippen molar-refractivity contribution in [3.05, 3.63) is 101 Å². The summed E-state index contributed by atoms with van der Waals surface area (Å²) >= 11 is 0. The van der Waals surface area contributed by atoms with E-state index in [-0.39, 0.29) is 11.3 Å². The monoisotopic (exact) mass is 356 g/mol. The van der Waals surface area contributed by atoms with Crippen molar-refractivity contribution in [2.24, 2.45) is 0 Å². The Morgan fingerprint density at radius 3 is 2.59 bits per heavy atom. The lowest BCUT2D eigenvalue weighted by molar-refractivity contribution is -0.117. The van der Waals surface area contributed by atoms with Crippen molar-refractivity contribution in [3.63, 3.8) is 0 Å². The van der Waals surface area contributed by atoms with Crippen LogP contribution >= 0.6 is 0 Å². The lowest BCUT2D eigenvalue weighted by atomic mass is 9.68. The first-order valence-electron chi connectivity index (χ1n) is 9.31. The van der Waals surface area contributed by atoms with Gasteiger partial charge in [-0.25, -0.2) is 0 Å². The number of fused-ring (bicyclic) bond motifs is 2. The van der Waals surface area contributed by atoms with Crippen LogP contribution in [-0.4, -0.2) is 13.0 Å². The van der Waals surface area contributed by atoms with E-state index in [4.69, 9.17) is 0 Å². The normalized spacial score (nSPS) is 16.9. The first-order valence-corrected chi connectivity index (χ1v) is 9.31. The molecule has 2 aromatic carbocycles. The molecule has 1 N–H and O–H groups in total. The van der Waals surface area contributed by atoms with Gasteiger partial charge in [-0.2, -0.15) is 0 Å². The van der Waals surface area contributed by atoms with Crippen LogP contribution in [0.15, 0.2) is 78.7 Å². The molecule has 0 bridgehead atoms. The number of benzene rings is 2. The molecular weight excluding hydrogens is 332 g/mol. The molecule has 1 aliphatic carbocycles. The Morgan fingerprint density at radius 1 is 1.00 bits per heavy atom. The van der Waals surface area contributed by atoms with E-state index in [1.54, 1.807) is 7.05 Å². The Labute approximate surface area is 160 Å². The van der Waals surface area contributed by atoms with Gasteiger partial charge in [-0.3, -0.25) is 4.79 Å². The van der Waals surface area contributed by atoms with Crippen LogP contribution in [-0.2, 0) is 16.6 Å². The summed E-state index contributed by atoms with van der Waals surface area (Å²) in [7, 11) is 1.67. The van der Waals surface area contributed by atoms with Crippen LogP contribution in [0.4, 0.5) is 5.69 Å². The molecule has 0 radical (unpaired) electrons. The van der Waals surface area contributed by atoms with Gasteiger partial charge in [0.2, 0.25) is 0 Å². The summed E-state index contributed by atoms with van der Waals surface area (Å²) in [6, 6.07) is 15.1. The minimum atomic E-state index is -0.0979. The van der Waals surface area contributed by atoms with Crippen molar-refractivity contribution in [3.8, 4) is 0 Å². The van der Waals surface area contributed by atoms with Crippen molar-refractivity contribution in [1.82, 2.24) is 5.32 Å². The predicted molar refractivity (Wildman–Crippen MR) is 111 cm³/mol. The quantitative estimate of drug-likeness (QED) is 0.863. The van der Waals surface area contributed by atoms with Crippen LogP contribution in [0, 0.1) is 0 Å². The smallest absolute Gasteiger partial charge is 0.268 e. The maximum atomic E-state index is 12.5.